The lowest BCUT2D eigenvalue weighted by Gasteiger charge is -2.11. The van der Waals surface area contributed by atoms with Gasteiger partial charge in [-0.25, -0.2) is 0 Å². The number of esters is 1. The van der Waals surface area contributed by atoms with Crippen LogP contribution >= 0.6 is 0 Å². The smallest absolute Gasteiger partial charge is 0.308 e. The van der Waals surface area contributed by atoms with Gasteiger partial charge in [0.05, 0.1) is 26.7 Å². The van der Waals surface area contributed by atoms with Crippen LogP contribution in [0.25, 0.3) is 0 Å². The highest BCUT2D eigenvalue weighted by Crippen LogP contribution is 2.48. The van der Waals surface area contributed by atoms with Crippen LogP contribution in [0.5, 0.6) is 11.5 Å². The van der Waals surface area contributed by atoms with E-state index < -0.39 is 0 Å². The van der Waals surface area contributed by atoms with Crippen LogP contribution in [-0.2, 0) is 16.0 Å². The Labute approximate surface area is 155 Å². The van der Waals surface area contributed by atoms with Gasteiger partial charge in [-0.05, 0) is 54.2 Å². The Bertz CT molecular complexity index is 755. The number of carbonyl (C=O) groups is 1. The summed E-state index contributed by atoms with van der Waals surface area (Å²) < 4.78 is 16.1. The zero-order valence-corrected chi connectivity index (χ0v) is 15.6. The van der Waals surface area contributed by atoms with E-state index in [2.05, 4.69) is 12.1 Å². The van der Waals surface area contributed by atoms with Gasteiger partial charge in [-0.3, -0.25) is 4.79 Å². The molecule has 2 aromatic carbocycles. The fraction of sp³-hybridized carbons (Fsp3) is 0.409. The van der Waals surface area contributed by atoms with E-state index in [-0.39, 0.29) is 11.9 Å². The van der Waals surface area contributed by atoms with Crippen LogP contribution in [0, 0.1) is 11.8 Å². The first-order valence-electron chi connectivity index (χ1n) is 9.04. The molecule has 1 aliphatic carbocycles. The lowest BCUT2D eigenvalue weighted by molar-refractivity contribution is -0.144. The molecule has 1 aliphatic rings. The molecule has 3 unspecified atom stereocenters. The summed E-state index contributed by atoms with van der Waals surface area (Å²) in [5.41, 5.74) is 2.40. The highest BCUT2D eigenvalue weighted by atomic mass is 16.5. The van der Waals surface area contributed by atoms with Crippen LogP contribution in [0.2, 0.25) is 0 Å². The summed E-state index contributed by atoms with van der Waals surface area (Å²) in [6, 6.07) is 16.2. The fourth-order valence-electron chi connectivity index (χ4n) is 3.32. The molecule has 1 saturated carbocycles. The van der Waals surface area contributed by atoms with Crippen molar-refractivity contribution in [3.05, 3.63) is 59.7 Å². The maximum Gasteiger partial charge on any atom is 0.308 e. The number of methoxy groups -OCH3 is 2. The molecule has 1 fully saturated rings. The number of benzene rings is 2. The van der Waals surface area contributed by atoms with Crippen LogP contribution in [0.1, 0.15) is 30.4 Å². The Balaban J connectivity index is 1.53. The number of carbonyl (C=O) groups excluding carboxylic acids is 1. The third kappa shape index (κ3) is 4.57. The van der Waals surface area contributed by atoms with Crippen LogP contribution in [-0.4, -0.2) is 26.8 Å². The lowest BCUT2D eigenvalue weighted by atomic mass is 10.0. The van der Waals surface area contributed by atoms with E-state index in [1.807, 2.05) is 43.3 Å². The first-order chi connectivity index (χ1) is 12.6. The van der Waals surface area contributed by atoms with E-state index in [0.29, 0.717) is 24.9 Å². The number of ether oxygens (including phenoxy) is 3. The van der Waals surface area contributed by atoms with E-state index in [0.717, 1.165) is 23.5 Å². The van der Waals surface area contributed by atoms with E-state index in [1.54, 1.807) is 7.11 Å². The zero-order chi connectivity index (χ0) is 18.5. The molecule has 138 valence electrons. The minimum absolute atomic E-state index is 0.156. The summed E-state index contributed by atoms with van der Waals surface area (Å²) in [6.45, 7) is 2.58. The number of hydrogen-bond donors (Lipinski definition) is 0. The van der Waals surface area contributed by atoms with Gasteiger partial charge in [-0.2, -0.15) is 0 Å². The number of hydrogen-bond acceptors (Lipinski definition) is 4. The quantitative estimate of drug-likeness (QED) is 0.666. The first kappa shape index (κ1) is 18.3. The molecule has 0 radical (unpaired) electrons. The van der Waals surface area contributed by atoms with E-state index >= 15 is 0 Å². The molecule has 0 amide bonds. The van der Waals surface area contributed by atoms with Crippen molar-refractivity contribution in [2.45, 2.75) is 25.7 Å². The second-order valence-electron chi connectivity index (χ2n) is 6.97. The van der Waals surface area contributed by atoms with Crippen molar-refractivity contribution in [3.63, 3.8) is 0 Å². The van der Waals surface area contributed by atoms with E-state index in [1.165, 1.54) is 12.7 Å². The molecule has 3 rings (SSSR count). The van der Waals surface area contributed by atoms with Crippen molar-refractivity contribution >= 4 is 5.97 Å². The third-order valence-corrected chi connectivity index (χ3v) is 4.95. The average Bonchev–Trinajstić information content (AvgIpc) is 3.46. The molecule has 0 N–H and O–H groups in total. The summed E-state index contributed by atoms with van der Waals surface area (Å²) in [7, 11) is 3.12. The minimum Gasteiger partial charge on any atom is -0.497 e. The standard InChI is InChI=1S/C22H26O4/c1-15(22(23)25-3)10-16-6-4-9-20(11-16)26-14-18-13-21(18)17-7-5-8-19(12-17)24-2/h4-9,11-12,15,18,21H,10,13-14H2,1-3H3. The maximum atomic E-state index is 11.6. The van der Waals surface area contributed by atoms with Gasteiger partial charge in [0.2, 0.25) is 0 Å². The molecule has 0 aromatic heterocycles. The van der Waals surface area contributed by atoms with Crippen LogP contribution in [0.4, 0.5) is 0 Å². The molecular formula is C22H26O4. The molecule has 0 aliphatic heterocycles. The second kappa shape index (κ2) is 8.26. The van der Waals surface area contributed by atoms with Gasteiger partial charge in [0.25, 0.3) is 0 Å². The predicted octanol–water partition coefficient (Wildman–Crippen LogP) is 4.23. The predicted molar refractivity (Wildman–Crippen MR) is 101 cm³/mol. The Kier molecular flexibility index (Phi) is 5.82. The van der Waals surface area contributed by atoms with Crippen LogP contribution in [0.15, 0.2) is 48.5 Å². The molecule has 26 heavy (non-hydrogen) atoms. The molecule has 0 spiro atoms. The molecule has 4 nitrogen and oxygen atoms in total. The Morgan fingerprint density at radius 3 is 2.65 bits per heavy atom. The van der Waals surface area contributed by atoms with E-state index in [9.17, 15) is 4.79 Å². The van der Waals surface area contributed by atoms with Gasteiger partial charge < -0.3 is 14.2 Å². The van der Waals surface area contributed by atoms with Crippen molar-refractivity contribution < 1.29 is 19.0 Å². The Morgan fingerprint density at radius 2 is 1.88 bits per heavy atom. The van der Waals surface area contributed by atoms with Gasteiger partial charge in [0.1, 0.15) is 11.5 Å². The third-order valence-electron chi connectivity index (χ3n) is 4.95. The molecule has 4 heteroatoms. The van der Waals surface area contributed by atoms with Crippen molar-refractivity contribution in [1.82, 2.24) is 0 Å². The summed E-state index contributed by atoms with van der Waals surface area (Å²) in [5, 5.41) is 0. The lowest BCUT2D eigenvalue weighted by Crippen LogP contribution is -2.15. The summed E-state index contributed by atoms with van der Waals surface area (Å²) >= 11 is 0. The zero-order valence-electron chi connectivity index (χ0n) is 15.6. The van der Waals surface area contributed by atoms with Gasteiger partial charge in [-0.15, -0.1) is 0 Å². The highest BCUT2D eigenvalue weighted by Gasteiger charge is 2.39. The topological polar surface area (TPSA) is 44.8 Å². The average molecular weight is 354 g/mol. The van der Waals surface area contributed by atoms with Crippen molar-refractivity contribution in [3.8, 4) is 11.5 Å². The van der Waals surface area contributed by atoms with Crippen molar-refractivity contribution in [1.29, 1.82) is 0 Å². The number of rotatable bonds is 8. The summed E-state index contributed by atoms with van der Waals surface area (Å²) in [5.74, 6) is 2.51. The molecule has 0 bridgehead atoms. The van der Waals surface area contributed by atoms with Crippen molar-refractivity contribution in [2.75, 3.05) is 20.8 Å². The van der Waals surface area contributed by atoms with Gasteiger partial charge >= 0.3 is 5.97 Å². The Morgan fingerprint density at radius 1 is 1.12 bits per heavy atom. The van der Waals surface area contributed by atoms with Gasteiger partial charge in [0.15, 0.2) is 0 Å². The van der Waals surface area contributed by atoms with Crippen LogP contribution in [0.3, 0.4) is 0 Å². The van der Waals surface area contributed by atoms with Crippen molar-refractivity contribution in [2.24, 2.45) is 11.8 Å². The molecular weight excluding hydrogens is 328 g/mol. The SMILES string of the molecule is COC(=O)C(C)Cc1cccc(OCC2CC2c2cccc(OC)c2)c1. The fourth-order valence-corrected chi connectivity index (χ4v) is 3.32. The summed E-state index contributed by atoms with van der Waals surface area (Å²) in [4.78, 5) is 11.6. The van der Waals surface area contributed by atoms with Gasteiger partial charge in [0, 0.05) is 5.92 Å². The largest absolute Gasteiger partial charge is 0.497 e. The Hall–Kier alpha value is -2.49. The van der Waals surface area contributed by atoms with E-state index in [4.69, 9.17) is 14.2 Å². The monoisotopic (exact) mass is 354 g/mol. The second-order valence-corrected chi connectivity index (χ2v) is 6.97. The van der Waals surface area contributed by atoms with Crippen LogP contribution < -0.4 is 9.47 Å². The highest BCUT2D eigenvalue weighted by molar-refractivity contribution is 5.72. The normalized spacial score (nSPS) is 19.5. The maximum absolute atomic E-state index is 11.6. The molecule has 2 aromatic rings. The first-order valence-corrected chi connectivity index (χ1v) is 9.04. The minimum atomic E-state index is -0.185. The molecule has 0 saturated heterocycles. The van der Waals surface area contributed by atoms with Gasteiger partial charge in [-0.1, -0.05) is 31.2 Å². The molecule has 3 atom stereocenters. The molecule has 0 heterocycles. The summed E-state index contributed by atoms with van der Waals surface area (Å²) in [6.07, 6.45) is 1.80.